The van der Waals surface area contributed by atoms with Gasteiger partial charge in [-0.05, 0) is 27.7 Å². The largest absolute Gasteiger partial charge is 0.325 e. The summed E-state index contributed by atoms with van der Waals surface area (Å²) in [6.45, 7) is 9.06. The molecule has 1 heteroatoms. The lowest BCUT2D eigenvalue weighted by molar-refractivity contribution is -0.931. The molecule has 0 saturated heterocycles. The molecular formula is C9H24N+. The Balaban J connectivity index is 0. The molecule has 0 aromatic carbocycles. The van der Waals surface area contributed by atoms with E-state index in [1.54, 1.807) is 0 Å². The van der Waals surface area contributed by atoms with Crippen molar-refractivity contribution in [3.63, 3.8) is 0 Å². The smallest absolute Gasteiger partial charge is 0.0831 e. The maximum Gasteiger partial charge on any atom is 0.0831 e. The summed E-state index contributed by atoms with van der Waals surface area (Å²) in [5, 5.41) is 0. The number of hydrogen-bond acceptors (Lipinski definition) is 0. The van der Waals surface area contributed by atoms with Gasteiger partial charge in [-0.2, -0.15) is 0 Å². The first-order chi connectivity index (χ1) is 3.89. The maximum absolute atomic E-state index is 2.27. The molecular weight excluding hydrogens is 122 g/mol. The number of hydrogen-bond donors (Lipinski definition) is 0. The average Bonchev–Trinajstić information content (AvgIpc) is 1.65. The Bertz CT molecular complexity index is 72.7. The van der Waals surface area contributed by atoms with Crippen LogP contribution in [-0.2, 0) is 0 Å². The van der Waals surface area contributed by atoms with E-state index in [9.17, 15) is 0 Å². The summed E-state index contributed by atoms with van der Waals surface area (Å²) in [4.78, 5) is 0. The van der Waals surface area contributed by atoms with Gasteiger partial charge >= 0.3 is 0 Å². The van der Waals surface area contributed by atoms with Gasteiger partial charge in [-0.15, -0.1) is 0 Å². The number of quaternary nitrogens is 1. The first-order valence-electron chi connectivity index (χ1n) is 3.72. The van der Waals surface area contributed by atoms with Crippen LogP contribution in [0.2, 0.25) is 0 Å². The van der Waals surface area contributed by atoms with Crippen LogP contribution in [0.25, 0.3) is 0 Å². The monoisotopic (exact) mass is 146 g/mol. The van der Waals surface area contributed by atoms with Crippen molar-refractivity contribution in [2.45, 2.75) is 47.2 Å². The summed E-state index contributed by atoms with van der Waals surface area (Å²) >= 11 is 0. The first-order valence-corrected chi connectivity index (χ1v) is 3.72. The SMILES string of the molecule is C.CC(C)[N+](C)(C)C(C)C. The van der Waals surface area contributed by atoms with E-state index in [4.69, 9.17) is 0 Å². The zero-order valence-electron chi connectivity index (χ0n) is 7.60. The molecule has 0 spiro atoms. The highest BCUT2D eigenvalue weighted by Crippen LogP contribution is 2.10. The standard InChI is InChI=1S/C8H20N.CH4/c1-7(2)9(5,6)8(3)4;/h7-8H,1-6H3;1H4/q+1;. The summed E-state index contributed by atoms with van der Waals surface area (Å²) in [7, 11) is 4.55. The molecule has 0 rings (SSSR count). The van der Waals surface area contributed by atoms with Crippen LogP contribution >= 0.6 is 0 Å². The molecule has 0 aromatic heterocycles. The number of nitrogens with zero attached hydrogens (tertiary/aromatic N) is 1. The zero-order chi connectivity index (χ0) is 7.65. The van der Waals surface area contributed by atoms with Crippen molar-refractivity contribution in [2.24, 2.45) is 0 Å². The minimum absolute atomic E-state index is 0. The first kappa shape index (κ1) is 12.6. The summed E-state index contributed by atoms with van der Waals surface area (Å²) in [5.41, 5.74) is 0. The van der Waals surface area contributed by atoms with Crippen LogP contribution in [0.5, 0.6) is 0 Å². The van der Waals surface area contributed by atoms with E-state index in [0.29, 0.717) is 0 Å². The van der Waals surface area contributed by atoms with Gasteiger partial charge < -0.3 is 4.48 Å². The Morgan fingerprint density at radius 1 is 0.800 bits per heavy atom. The highest BCUT2D eigenvalue weighted by Gasteiger charge is 2.22. The normalized spacial score (nSPS) is 12.0. The molecule has 0 heterocycles. The molecule has 0 aliphatic heterocycles. The third kappa shape index (κ3) is 2.70. The lowest BCUT2D eigenvalue weighted by atomic mass is 10.2. The van der Waals surface area contributed by atoms with E-state index in [1.165, 1.54) is 0 Å². The summed E-state index contributed by atoms with van der Waals surface area (Å²) in [5.74, 6) is 0. The van der Waals surface area contributed by atoms with Crippen LogP contribution in [0.1, 0.15) is 35.1 Å². The van der Waals surface area contributed by atoms with Gasteiger partial charge in [-0.25, -0.2) is 0 Å². The van der Waals surface area contributed by atoms with Gasteiger partial charge in [-0.1, -0.05) is 7.43 Å². The Labute approximate surface area is 66.6 Å². The van der Waals surface area contributed by atoms with Crippen LogP contribution in [0, 0.1) is 0 Å². The third-order valence-electron chi connectivity index (χ3n) is 2.66. The molecule has 0 fully saturated rings. The fraction of sp³-hybridized carbons (Fsp3) is 1.00. The van der Waals surface area contributed by atoms with E-state index < -0.39 is 0 Å². The van der Waals surface area contributed by atoms with E-state index in [-0.39, 0.29) is 7.43 Å². The van der Waals surface area contributed by atoms with Crippen molar-refractivity contribution in [3.8, 4) is 0 Å². The van der Waals surface area contributed by atoms with Crippen LogP contribution in [0.4, 0.5) is 0 Å². The Hall–Kier alpha value is -0.0400. The molecule has 1 nitrogen and oxygen atoms in total. The van der Waals surface area contributed by atoms with Gasteiger partial charge in [0.05, 0.1) is 26.2 Å². The van der Waals surface area contributed by atoms with Gasteiger partial charge in [0.1, 0.15) is 0 Å². The van der Waals surface area contributed by atoms with Gasteiger partial charge in [0.15, 0.2) is 0 Å². The van der Waals surface area contributed by atoms with Crippen molar-refractivity contribution >= 4 is 0 Å². The third-order valence-corrected chi connectivity index (χ3v) is 2.66. The molecule has 0 N–H and O–H groups in total. The van der Waals surface area contributed by atoms with Gasteiger partial charge in [0.25, 0.3) is 0 Å². The fourth-order valence-corrected chi connectivity index (χ4v) is 0.596. The molecule has 0 aromatic rings. The molecule has 0 amide bonds. The average molecular weight is 146 g/mol. The van der Waals surface area contributed by atoms with E-state index >= 15 is 0 Å². The quantitative estimate of drug-likeness (QED) is 0.525. The van der Waals surface area contributed by atoms with Crippen molar-refractivity contribution < 1.29 is 4.48 Å². The molecule has 0 atom stereocenters. The maximum atomic E-state index is 2.27. The van der Waals surface area contributed by atoms with Crippen molar-refractivity contribution in [1.82, 2.24) is 0 Å². The molecule has 64 valence electrons. The van der Waals surface area contributed by atoms with Gasteiger partial charge in [0.2, 0.25) is 0 Å². The molecule has 0 aliphatic carbocycles. The van der Waals surface area contributed by atoms with Crippen LogP contribution in [0.15, 0.2) is 0 Å². The van der Waals surface area contributed by atoms with Crippen LogP contribution in [0.3, 0.4) is 0 Å². The Morgan fingerprint density at radius 3 is 1.00 bits per heavy atom. The molecule has 10 heavy (non-hydrogen) atoms. The second-order valence-corrected chi connectivity index (χ2v) is 3.82. The second-order valence-electron chi connectivity index (χ2n) is 3.82. The van der Waals surface area contributed by atoms with Gasteiger partial charge in [0, 0.05) is 0 Å². The summed E-state index contributed by atoms with van der Waals surface area (Å²) in [6, 6.07) is 1.45. The molecule has 0 bridgehead atoms. The van der Waals surface area contributed by atoms with E-state index in [0.717, 1.165) is 16.6 Å². The van der Waals surface area contributed by atoms with Crippen LogP contribution < -0.4 is 0 Å². The lowest BCUT2D eigenvalue weighted by Crippen LogP contribution is -2.50. The fourth-order valence-electron chi connectivity index (χ4n) is 0.596. The molecule has 0 aliphatic rings. The minimum atomic E-state index is 0. The van der Waals surface area contributed by atoms with E-state index in [2.05, 4.69) is 41.8 Å². The predicted molar refractivity (Wildman–Crippen MR) is 49.1 cm³/mol. The molecule has 0 saturated carbocycles. The van der Waals surface area contributed by atoms with Crippen molar-refractivity contribution in [3.05, 3.63) is 0 Å². The Kier molecular flexibility index (Phi) is 5.01. The number of rotatable bonds is 2. The van der Waals surface area contributed by atoms with Crippen molar-refractivity contribution in [1.29, 1.82) is 0 Å². The molecule has 0 unspecified atom stereocenters. The van der Waals surface area contributed by atoms with Crippen LogP contribution in [-0.4, -0.2) is 30.7 Å². The highest BCUT2D eigenvalue weighted by molar-refractivity contribution is 4.44. The topological polar surface area (TPSA) is 0 Å². The lowest BCUT2D eigenvalue weighted by Gasteiger charge is -2.38. The summed E-state index contributed by atoms with van der Waals surface area (Å²) in [6.07, 6.45) is 0. The highest BCUT2D eigenvalue weighted by atomic mass is 15.3. The zero-order valence-corrected chi connectivity index (χ0v) is 7.60. The van der Waals surface area contributed by atoms with Crippen molar-refractivity contribution in [2.75, 3.05) is 14.1 Å². The molecule has 0 radical (unpaired) electrons. The van der Waals surface area contributed by atoms with E-state index in [1.807, 2.05) is 0 Å². The van der Waals surface area contributed by atoms with Gasteiger partial charge in [-0.3, -0.25) is 0 Å². The second kappa shape index (κ2) is 3.97. The Morgan fingerprint density at radius 2 is 1.00 bits per heavy atom. The summed E-state index contributed by atoms with van der Waals surface area (Å²) < 4.78 is 1.11. The predicted octanol–water partition coefficient (Wildman–Crippen LogP) is 2.52. The minimum Gasteiger partial charge on any atom is -0.325 e.